The first-order valence-corrected chi connectivity index (χ1v) is 5.89. The fourth-order valence-corrected chi connectivity index (χ4v) is 1.37. The van der Waals surface area contributed by atoms with Gasteiger partial charge in [0.1, 0.15) is 5.69 Å². The molecule has 0 aliphatic rings. The van der Waals surface area contributed by atoms with Gasteiger partial charge in [-0.05, 0) is 19.3 Å². The third kappa shape index (κ3) is 2.99. The lowest BCUT2D eigenvalue weighted by molar-refractivity contribution is 0.0900. The molecule has 17 heavy (non-hydrogen) atoms. The van der Waals surface area contributed by atoms with Gasteiger partial charge in [-0.2, -0.15) is 5.10 Å². The van der Waals surface area contributed by atoms with Crippen molar-refractivity contribution in [1.82, 2.24) is 15.1 Å². The van der Waals surface area contributed by atoms with E-state index in [2.05, 4.69) is 31.2 Å². The first-order chi connectivity index (χ1) is 7.77. The molecule has 5 nitrogen and oxygen atoms in total. The molecule has 96 valence electrons. The highest BCUT2D eigenvalue weighted by Gasteiger charge is 2.24. The quantitative estimate of drug-likeness (QED) is 0.841. The standard InChI is InChI=1S/C12H22N4O/c1-6-16-10(9(13)7-14-16)11(17)15-8(2)12(3,4)5/h7-8H,6,13H2,1-5H3,(H,15,17). The minimum atomic E-state index is -0.163. The molecule has 0 spiro atoms. The van der Waals surface area contributed by atoms with Crippen LogP contribution in [0.15, 0.2) is 6.20 Å². The SMILES string of the molecule is CCn1ncc(N)c1C(=O)NC(C)C(C)(C)C. The lowest BCUT2D eigenvalue weighted by Crippen LogP contribution is -2.42. The number of carbonyl (C=O) groups excluding carboxylic acids is 1. The van der Waals surface area contributed by atoms with Crippen molar-refractivity contribution in [2.24, 2.45) is 5.41 Å². The summed E-state index contributed by atoms with van der Waals surface area (Å²) < 4.78 is 1.61. The fraction of sp³-hybridized carbons (Fsp3) is 0.667. The van der Waals surface area contributed by atoms with Gasteiger partial charge in [0.2, 0.25) is 0 Å². The monoisotopic (exact) mass is 238 g/mol. The van der Waals surface area contributed by atoms with Crippen LogP contribution in [0.2, 0.25) is 0 Å². The lowest BCUT2D eigenvalue weighted by Gasteiger charge is -2.28. The molecule has 0 aliphatic carbocycles. The van der Waals surface area contributed by atoms with E-state index in [0.29, 0.717) is 17.9 Å². The van der Waals surface area contributed by atoms with Crippen LogP contribution in [0.1, 0.15) is 45.1 Å². The van der Waals surface area contributed by atoms with E-state index in [1.807, 2.05) is 13.8 Å². The third-order valence-corrected chi connectivity index (χ3v) is 3.03. The molecular formula is C12H22N4O. The van der Waals surface area contributed by atoms with Gasteiger partial charge in [-0.1, -0.05) is 20.8 Å². The minimum absolute atomic E-state index is 0.0154. The Morgan fingerprint density at radius 1 is 1.59 bits per heavy atom. The van der Waals surface area contributed by atoms with E-state index in [4.69, 9.17) is 5.73 Å². The molecule has 1 aromatic rings. The van der Waals surface area contributed by atoms with Gasteiger partial charge >= 0.3 is 0 Å². The van der Waals surface area contributed by atoms with Gasteiger partial charge in [0.25, 0.3) is 5.91 Å². The topological polar surface area (TPSA) is 72.9 Å². The molecule has 1 rings (SSSR count). The Balaban J connectivity index is 2.87. The summed E-state index contributed by atoms with van der Waals surface area (Å²) in [6.07, 6.45) is 1.51. The zero-order chi connectivity index (χ0) is 13.2. The molecule has 5 heteroatoms. The molecule has 0 saturated carbocycles. The maximum Gasteiger partial charge on any atom is 0.271 e. The summed E-state index contributed by atoms with van der Waals surface area (Å²) in [5.74, 6) is -0.163. The van der Waals surface area contributed by atoms with E-state index in [1.54, 1.807) is 4.68 Å². The predicted molar refractivity (Wildman–Crippen MR) is 68.7 cm³/mol. The summed E-state index contributed by atoms with van der Waals surface area (Å²) in [5.41, 5.74) is 6.64. The van der Waals surface area contributed by atoms with Crippen molar-refractivity contribution in [1.29, 1.82) is 0 Å². The second kappa shape index (κ2) is 4.77. The number of aromatic nitrogens is 2. The van der Waals surface area contributed by atoms with Crippen molar-refractivity contribution in [2.75, 3.05) is 5.73 Å². The van der Waals surface area contributed by atoms with Crippen LogP contribution in [0.4, 0.5) is 5.69 Å². The third-order valence-electron chi connectivity index (χ3n) is 3.03. The molecule has 0 radical (unpaired) electrons. The van der Waals surface area contributed by atoms with Gasteiger partial charge in [0, 0.05) is 12.6 Å². The highest BCUT2D eigenvalue weighted by molar-refractivity contribution is 5.97. The summed E-state index contributed by atoms with van der Waals surface area (Å²) in [5, 5.41) is 7.01. The summed E-state index contributed by atoms with van der Waals surface area (Å²) >= 11 is 0. The van der Waals surface area contributed by atoms with Crippen molar-refractivity contribution >= 4 is 11.6 Å². The van der Waals surface area contributed by atoms with Crippen LogP contribution in [0.3, 0.4) is 0 Å². The number of carbonyl (C=O) groups is 1. The number of hydrogen-bond donors (Lipinski definition) is 2. The van der Waals surface area contributed by atoms with E-state index >= 15 is 0 Å². The second-order valence-electron chi connectivity index (χ2n) is 5.33. The molecule has 3 N–H and O–H groups in total. The Morgan fingerprint density at radius 2 is 2.18 bits per heavy atom. The minimum Gasteiger partial charge on any atom is -0.396 e. The Labute approximate surface area is 102 Å². The number of hydrogen-bond acceptors (Lipinski definition) is 3. The van der Waals surface area contributed by atoms with Gasteiger partial charge in [-0.25, -0.2) is 0 Å². The summed E-state index contributed by atoms with van der Waals surface area (Å²) in [7, 11) is 0. The fourth-order valence-electron chi connectivity index (χ4n) is 1.37. The van der Waals surface area contributed by atoms with E-state index in [9.17, 15) is 4.79 Å². The van der Waals surface area contributed by atoms with E-state index < -0.39 is 0 Å². The smallest absolute Gasteiger partial charge is 0.271 e. The highest BCUT2D eigenvalue weighted by atomic mass is 16.2. The van der Waals surface area contributed by atoms with Crippen molar-refractivity contribution in [2.45, 2.75) is 47.2 Å². The molecule has 0 fully saturated rings. The Kier molecular flexibility index (Phi) is 3.80. The van der Waals surface area contributed by atoms with Crippen LogP contribution >= 0.6 is 0 Å². The van der Waals surface area contributed by atoms with Gasteiger partial charge in [-0.3, -0.25) is 9.48 Å². The molecular weight excluding hydrogens is 216 g/mol. The van der Waals surface area contributed by atoms with Crippen molar-refractivity contribution in [3.05, 3.63) is 11.9 Å². The van der Waals surface area contributed by atoms with E-state index in [0.717, 1.165) is 0 Å². The molecule has 1 heterocycles. The van der Waals surface area contributed by atoms with Crippen LogP contribution in [-0.2, 0) is 6.54 Å². The number of nitrogen functional groups attached to an aromatic ring is 1. The molecule has 1 atom stereocenters. The second-order valence-corrected chi connectivity index (χ2v) is 5.33. The zero-order valence-electron chi connectivity index (χ0n) is 11.2. The van der Waals surface area contributed by atoms with Crippen molar-refractivity contribution < 1.29 is 4.79 Å². The average Bonchev–Trinajstić information content (AvgIpc) is 2.57. The Bertz CT molecular complexity index is 403. The molecule has 1 aromatic heterocycles. The number of aryl methyl sites for hydroxylation is 1. The molecule has 0 saturated heterocycles. The molecule has 1 amide bonds. The van der Waals surface area contributed by atoms with Crippen molar-refractivity contribution in [3.8, 4) is 0 Å². The lowest BCUT2D eigenvalue weighted by atomic mass is 9.88. The normalized spacial score (nSPS) is 13.5. The predicted octanol–water partition coefficient (Wildman–Crippen LogP) is 1.65. The van der Waals surface area contributed by atoms with E-state index in [-0.39, 0.29) is 17.4 Å². The number of amides is 1. The number of nitrogens with two attached hydrogens (primary N) is 1. The van der Waals surface area contributed by atoms with Gasteiger partial charge in [0.05, 0.1) is 11.9 Å². The maximum atomic E-state index is 12.1. The summed E-state index contributed by atoms with van der Waals surface area (Å²) in [4.78, 5) is 12.1. The summed E-state index contributed by atoms with van der Waals surface area (Å²) in [6, 6.07) is 0.0645. The van der Waals surface area contributed by atoms with Crippen LogP contribution in [0.5, 0.6) is 0 Å². The number of rotatable bonds is 3. The van der Waals surface area contributed by atoms with Crippen LogP contribution in [0, 0.1) is 5.41 Å². The molecule has 0 aromatic carbocycles. The van der Waals surface area contributed by atoms with Gasteiger partial charge in [-0.15, -0.1) is 0 Å². The zero-order valence-corrected chi connectivity index (χ0v) is 11.2. The van der Waals surface area contributed by atoms with Crippen LogP contribution in [-0.4, -0.2) is 21.7 Å². The first kappa shape index (κ1) is 13.5. The maximum absolute atomic E-state index is 12.1. The number of anilines is 1. The average molecular weight is 238 g/mol. The van der Waals surface area contributed by atoms with Crippen LogP contribution in [0.25, 0.3) is 0 Å². The Morgan fingerprint density at radius 3 is 2.65 bits per heavy atom. The Hall–Kier alpha value is -1.52. The molecule has 0 bridgehead atoms. The molecule has 1 unspecified atom stereocenters. The largest absolute Gasteiger partial charge is 0.396 e. The first-order valence-electron chi connectivity index (χ1n) is 5.89. The van der Waals surface area contributed by atoms with Gasteiger partial charge < -0.3 is 11.1 Å². The number of nitrogens with one attached hydrogen (secondary N) is 1. The molecule has 0 aliphatic heterocycles. The van der Waals surface area contributed by atoms with Gasteiger partial charge in [0.15, 0.2) is 0 Å². The summed E-state index contributed by atoms with van der Waals surface area (Å²) in [6.45, 7) is 10.8. The van der Waals surface area contributed by atoms with Crippen molar-refractivity contribution in [3.63, 3.8) is 0 Å². The van der Waals surface area contributed by atoms with Crippen LogP contribution < -0.4 is 11.1 Å². The van der Waals surface area contributed by atoms with E-state index in [1.165, 1.54) is 6.20 Å². The number of nitrogens with zero attached hydrogens (tertiary/aromatic N) is 2. The highest BCUT2D eigenvalue weighted by Crippen LogP contribution is 2.19.